The van der Waals surface area contributed by atoms with E-state index in [1.165, 1.54) is 11.5 Å². The molecule has 1 aromatic heterocycles. The van der Waals surface area contributed by atoms with Crippen LogP contribution >= 0.6 is 23.1 Å². The number of nitrogens with zero attached hydrogens (tertiary/aromatic N) is 2. The molecule has 1 heterocycles. The summed E-state index contributed by atoms with van der Waals surface area (Å²) in [7, 11) is 0. The monoisotopic (exact) mass is 323 g/mol. The summed E-state index contributed by atoms with van der Waals surface area (Å²) in [5, 5.41) is 1.22. The fourth-order valence-corrected chi connectivity index (χ4v) is 2.80. The summed E-state index contributed by atoms with van der Waals surface area (Å²) in [6.07, 6.45) is 0. The van der Waals surface area contributed by atoms with Gasteiger partial charge in [0.1, 0.15) is 17.2 Å². The number of hydrogen-bond donors (Lipinski definition) is 1. The maximum absolute atomic E-state index is 6.04. The first-order valence-corrected chi connectivity index (χ1v) is 6.89. The van der Waals surface area contributed by atoms with Gasteiger partial charge in [0.15, 0.2) is 0 Å². The summed E-state index contributed by atoms with van der Waals surface area (Å²) in [4.78, 5) is 4.40. The van der Waals surface area contributed by atoms with Crippen molar-refractivity contribution in [2.75, 3.05) is 5.73 Å². The van der Waals surface area contributed by atoms with Gasteiger partial charge in [-0.05, 0) is 29.2 Å². The third kappa shape index (κ3) is 2.93. The Balaban J connectivity index is 0.00000147. The van der Waals surface area contributed by atoms with Gasteiger partial charge in [-0.2, -0.15) is 0 Å². The molecule has 0 radical (unpaired) electrons. The standard InChI is InChI=1S/C14H10ClN3S.ClH/c15-11-7-4-8-12(9-11)18-13(17-14(16)19-18)10-5-2-1-3-6-10;/h1-9,16H;1H. The van der Waals surface area contributed by atoms with Gasteiger partial charge in [-0.25, -0.2) is 0 Å². The van der Waals surface area contributed by atoms with E-state index in [4.69, 9.17) is 17.3 Å². The van der Waals surface area contributed by atoms with E-state index in [0.717, 1.165) is 17.1 Å². The third-order valence-corrected chi connectivity index (χ3v) is 3.75. The SMILES string of the molecule is Nc1nc(-c2ccccc2)[n+](-c2cccc(Cl)c2)s1.[Cl-]. The Morgan fingerprint density at radius 3 is 2.50 bits per heavy atom. The molecule has 0 aliphatic heterocycles. The van der Waals surface area contributed by atoms with Crippen LogP contribution in [0.15, 0.2) is 54.6 Å². The zero-order chi connectivity index (χ0) is 13.2. The van der Waals surface area contributed by atoms with Crippen molar-refractivity contribution in [2.45, 2.75) is 0 Å². The van der Waals surface area contributed by atoms with Crippen molar-refractivity contribution in [3.63, 3.8) is 0 Å². The second-order valence-corrected chi connectivity index (χ2v) is 5.41. The average Bonchev–Trinajstić information content (AvgIpc) is 2.82. The van der Waals surface area contributed by atoms with Crippen molar-refractivity contribution < 1.29 is 16.4 Å². The molecule has 0 aliphatic carbocycles. The third-order valence-electron chi connectivity index (χ3n) is 2.67. The predicted octanol–water partition coefficient (Wildman–Crippen LogP) is 0.326. The summed E-state index contributed by atoms with van der Waals surface area (Å²) < 4.78 is 1.98. The van der Waals surface area contributed by atoms with Gasteiger partial charge in [0.25, 0.3) is 0 Å². The molecule has 0 aliphatic rings. The van der Waals surface area contributed by atoms with Crippen molar-refractivity contribution >= 4 is 28.3 Å². The normalized spacial score (nSPS) is 10.1. The van der Waals surface area contributed by atoms with Crippen LogP contribution in [0, 0.1) is 0 Å². The minimum atomic E-state index is 0. The van der Waals surface area contributed by atoms with E-state index >= 15 is 0 Å². The first-order valence-electron chi connectivity index (χ1n) is 5.74. The molecule has 0 spiro atoms. The van der Waals surface area contributed by atoms with Gasteiger partial charge in [0, 0.05) is 11.1 Å². The molecule has 0 atom stereocenters. The van der Waals surface area contributed by atoms with E-state index < -0.39 is 0 Å². The molecule has 0 fully saturated rings. The lowest BCUT2D eigenvalue weighted by Crippen LogP contribution is -3.00. The Morgan fingerprint density at radius 2 is 1.80 bits per heavy atom. The molecular weight excluding hydrogens is 313 g/mol. The van der Waals surface area contributed by atoms with Crippen LogP contribution in [0.1, 0.15) is 0 Å². The van der Waals surface area contributed by atoms with Gasteiger partial charge in [0.05, 0.1) is 5.56 Å². The molecule has 3 rings (SSSR count). The van der Waals surface area contributed by atoms with Crippen molar-refractivity contribution in [1.82, 2.24) is 4.98 Å². The van der Waals surface area contributed by atoms with E-state index in [2.05, 4.69) is 4.98 Å². The van der Waals surface area contributed by atoms with Crippen LogP contribution in [0.2, 0.25) is 5.02 Å². The molecule has 0 saturated heterocycles. The maximum atomic E-state index is 6.04. The van der Waals surface area contributed by atoms with Crippen LogP contribution in [-0.4, -0.2) is 4.98 Å². The number of nitrogens with two attached hydrogens (primary N) is 1. The van der Waals surface area contributed by atoms with Crippen molar-refractivity contribution in [2.24, 2.45) is 0 Å². The molecule has 6 heteroatoms. The Labute approximate surface area is 132 Å². The topological polar surface area (TPSA) is 42.8 Å². The summed E-state index contributed by atoms with van der Waals surface area (Å²) in [6, 6.07) is 17.6. The van der Waals surface area contributed by atoms with Gasteiger partial charge in [0.2, 0.25) is 0 Å². The zero-order valence-electron chi connectivity index (χ0n) is 10.3. The number of anilines is 1. The van der Waals surface area contributed by atoms with E-state index in [-0.39, 0.29) is 12.4 Å². The molecule has 0 saturated carbocycles. The molecule has 0 unspecified atom stereocenters. The molecule has 0 amide bonds. The lowest BCUT2D eigenvalue weighted by atomic mass is 10.2. The number of hydrogen-bond acceptors (Lipinski definition) is 3. The second-order valence-electron chi connectivity index (χ2n) is 4.01. The molecule has 102 valence electrons. The summed E-state index contributed by atoms with van der Waals surface area (Å²) >= 11 is 7.44. The second kappa shape index (κ2) is 6.22. The van der Waals surface area contributed by atoms with Gasteiger partial charge in [-0.3, -0.25) is 0 Å². The first-order chi connectivity index (χ1) is 9.24. The van der Waals surface area contributed by atoms with Crippen LogP contribution in [0.4, 0.5) is 5.13 Å². The lowest BCUT2D eigenvalue weighted by Gasteiger charge is -1.98. The molecule has 20 heavy (non-hydrogen) atoms. The minimum Gasteiger partial charge on any atom is -1.00 e. The van der Waals surface area contributed by atoms with Crippen LogP contribution in [-0.2, 0) is 0 Å². The van der Waals surface area contributed by atoms with Crippen molar-refractivity contribution in [3.05, 3.63) is 59.6 Å². The Hall–Kier alpha value is -1.62. The summed E-state index contributed by atoms with van der Waals surface area (Å²) in [5.74, 6) is 0.824. The lowest BCUT2D eigenvalue weighted by molar-refractivity contribution is -0.509. The number of aromatic nitrogens is 2. The van der Waals surface area contributed by atoms with Crippen LogP contribution in [0.25, 0.3) is 17.1 Å². The predicted molar refractivity (Wildman–Crippen MR) is 78.5 cm³/mol. The summed E-state index contributed by atoms with van der Waals surface area (Å²) in [6.45, 7) is 0. The Kier molecular flexibility index (Phi) is 4.60. The smallest absolute Gasteiger partial charge is 0.350 e. The fourth-order valence-electron chi connectivity index (χ4n) is 1.85. The Morgan fingerprint density at radius 1 is 1.05 bits per heavy atom. The molecule has 3 aromatic rings. The van der Waals surface area contributed by atoms with E-state index in [9.17, 15) is 0 Å². The van der Waals surface area contributed by atoms with Crippen molar-refractivity contribution in [3.8, 4) is 17.1 Å². The van der Waals surface area contributed by atoms with Gasteiger partial charge in [-0.1, -0.05) is 35.9 Å². The van der Waals surface area contributed by atoms with E-state index in [1.807, 2.05) is 58.6 Å². The Bertz CT molecular complexity index is 713. The van der Waals surface area contributed by atoms with Gasteiger partial charge < -0.3 is 18.1 Å². The highest BCUT2D eigenvalue weighted by atomic mass is 35.5. The minimum absolute atomic E-state index is 0. The quantitative estimate of drug-likeness (QED) is 0.690. The zero-order valence-corrected chi connectivity index (χ0v) is 12.7. The number of benzene rings is 2. The summed E-state index contributed by atoms with van der Waals surface area (Å²) in [5.41, 5.74) is 7.83. The number of rotatable bonds is 2. The fraction of sp³-hybridized carbons (Fsp3) is 0. The molecule has 2 N–H and O–H groups in total. The highest BCUT2D eigenvalue weighted by molar-refractivity contribution is 7.05. The van der Waals surface area contributed by atoms with Gasteiger partial charge >= 0.3 is 11.0 Å². The molecular formula is C14H11Cl2N3S. The highest BCUT2D eigenvalue weighted by Gasteiger charge is 2.22. The van der Waals surface area contributed by atoms with E-state index in [0.29, 0.717) is 10.2 Å². The van der Waals surface area contributed by atoms with Crippen molar-refractivity contribution in [1.29, 1.82) is 0 Å². The molecule has 2 aromatic carbocycles. The van der Waals surface area contributed by atoms with Crippen LogP contribution in [0.5, 0.6) is 0 Å². The van der Waals surface area contributed by atoms with E-state index in [1.54, 1.807) is 0 Å². The van der Waals surface area contributed by atoms with Crippen LogP contribution < -0.4 is 22.1 Å². The number of halogens is 2. The van der Waals surface area contributed by atoms with Gasteiger partial charge in [-0.15, -0.1) is 3.96 Å². The average molecular weight is 324 g/mol. The largest absolute Gasteiger partial charge is 1.00 e. The molecule has 0 bridgehead atoms. The molecule has 3 nitrogen and oxygen atoms in total. The number of nitrogen functional groups attached to an aromatic ring is 1. The van der Waals surface area contributed by atoms with Crippen LogP contribution in [0.3, 0.4) is 0 Å². The highest BCUT2D eigenvalue weighted by Crippen LogP contribution is 2.21. The first kappa shape index (κ1) is 14.8. The maximum Gasteiger partial charge on any atom is 0.350 e.